The van der Waals surface area contributed by atoms with Crippen molar-refractivity contribution in [2.45, 2.75) is 32.9 Å². The van der Waals surface area contributed by atoms with E-state index in [-0.39, 0.29) is 12.2 Å². The quantitative estimate of drug-likeness (QED) is 0.304. The number of nitrogens with zero attached hydrogens (tertiary/aromatic N) is 4. The summed E-state index contributed by atoms with van der Waals surface area (Å²) in [5.41, 5.74) is 1.88. The molecule has 0 aliphatic heterocycles. The van der Waals surface area contributed by atoms with E-state index in [0.717, 1.165) is 6.42 Å². The number of nitrogens with one attached hydrogen (secondary N) is 1. The van der Waals surface area contributed by atoms with Gasteiger partial charge in [0, 0.05) is 17.8 Å². The van der Waals surface area contributed by atoms with Crippen LogP contribution in [-0.2, 0) is 16.1 Å². The molecule has 39 heavy (non-hydrogen) atoms. The zero-order valence-electron chi connectivity index (χ0n) is 22.4. The lowest BCUT2D eigenvalue weighted by atomic mass is 10.0. The molecule has 4 rings (SSSR count). The lowest BCUT2D eigenvalue weighted by molar-refractivity contribution is -0.127. The van der Waals surface area contributed by atoms with Gasteiger partial charge in [-0.05, 0) is 48.7 Å². The first-order chi connectivity index (χ1) is 18.8. The van der Waals surface area contributed by atoms with E-state index in [4.69, 9.17) is 9.47 Å². The average Bonchev–Trinajstić information content (AvgIpc) is 3.33. The molecule has 0 bridgehead atoms. The number of hydrogen-bond acceptors (Lipinski definition) is 6. The van der Waals surface area contributed by atoms with Crippen LogP contribution in [0.5, 0.6) is 11.5 Å². The molecule has 4 aromatic rings. The third-order valence-electron chi connectivity index (χ3n) is 6.32. The van der Waals surface area contributed by atoms with Gasteiger partial charge >= 0.3 is 0 Å². The summed E-state index contributed by atoms with van der Waals surface area (Å²) in [5, 5.41) is 11.2. The fraction of sp³-hybridized carbons (Fsp3) is 0.310. The number of fused-ring (bicyclic) bond motifs is 1. The Bertz CT molecular complexity index is 1450. The summed E-state index contributed by atoms with van der Waals surface area (Å²) in [6, 6.07) is 16.7. The summed E-state index contributed by atoms with van der Waals surface area (Å²) in [5.74, 6) is -0.438. The summed E-state index contributed by atoms with van der Waals surface area (Å²) < 4.78 is 27.1. The van der Waals surface area contributed by atoms with Crippen molar-refractivity contribution in [2.24, 2.45) is 5.92 Å². The fourth-order valence-electron chi connectivity index (χ4n) is 4.41. The van der Waals surface area contributed by atoms with Gasteiger partial charge in [-0.2, -0.15) is 0 Å². The number of methoxy groups -OCH3 is 2. The lowest BCUT2D eigenvalue weighted by Crippen LogP contribution is -2.45. The molecule has 0 aliphatic carbocycles. The molecule has 0 saturated carbocycles. The van der Waals surface area contributed by atoms with Crippen molar-refractivity contribution in [3.05, 3.63) is 78.1 Å². The van der Waals surface area contributed by atoms with Crippen molar-refractivity contribution in [3.8, 4) is 11.5 Å². The molecule has 204 valence electrons. The predicted molar refractivity (Wildman–Crippen MR) is 146 cm³/mol. The Kier molecular flexibility index (Phi) is 8.75. The van der Waals surface area contributed by atoms with Crippen LogP contribution in [-0.4, -0.2) is 47.6 Å². The number of anilines is 1. The van der Waals surface area contributed by atoms with E-state index in [1.165, 1.54) is 42.0 Å². The van der Waals surface area contributed by atoms with Crippen LogP contribution in [0.2, 0.25) is 0 Å². The number of benzene rings is 3. The molecule has 2 amide bonds. The largest absolute Gasteiger partial charge is 0.493 e. The van der Waals surface area contributed by atoms with Gasteiger partial charge in [-0.1, -0.05) is 49.4 Å². The lowest BCUT2D eigenvalue weighted by Gasteiger charge is -2.32. The Hall–Kier alpha value is -4.47. The Morgan fingerprint density at radius 2 is 1.79 bits per heavy atom. The van der Waals surface area contributed by atoms with Crippen molar-refractivity contribution in [1.29, 1.82) is 0 Å². The molecule has 0 fully saturated rings. The minimum absolute atomic E-state index is 0.207. The van der Waals surface area contributed by atoms with Crippen molar-refractivity contribution < 1.29 is 23.5 Å². The molecule has 0 spiro atoms. The zero-order valence-corrected chi connectivity index (χ0v) is 22.4. The maximum atomic E-state index is 14.5. The van der Waals surface area contributed by atoms with E-state index in [9.17, 15) is 14.0 Å². The molecule has 3 aromatic carbocycles. The molecule has 0 unspecified atom stereocenters. The zero-order chi connectivity index (χ0) is 27.9. The van der Waals surface area contributed by atoms with E-state index < -0.39 is 23.7 Å². The summed E-state index contributed by atoms with van der Waals surface area (Å²) in [6.07, 6.45) is 0.743. The summed E-state index contributed by atoms with van der Waals surface area (Å²) in [7, 11) is 2.95. The normalized spacial score (nSPS) is 11.8. The first kappa shape index (κ1) is 27.6. The highest BCUT2D eigenvalue weighted by Crippen LogP contribution is 2.39. The van der Waals surface area contributed by atoms with Gasteiger partial charge in [0.2, 0.25) is 11.8 Å². The van der Waals surface area contributed by atoms with E-state index in [2.05, 4.69) is 29.5 Å². The Balaban J connectivity index is 1.85. The molecular formula is C29H32FN5O4. The number of amides is 2. The van der Waals surface area contributed by atoms with Crippen LogP contribution in [0, 0.1) is 11.7 Å². The number of halogens is 1. The molecule has 1 aromatic heterocycles. The second-order valence-electron chi connectivity index (χ2n) is 9.44. The van der Waals surface area contributed by atoms with Crippen molar-refractivity contribution in [2.75, 3.05) is 25.7 Å². The molecule has 1 atom stereocenters. The van der Waals surface area contributed by atoms with E-state index in [1.54, 1.807) is 36.4 Å². The Morgan fingerprint density at radius 1 is 1.03 bits per heavy atom. The molecule has 10 heteroatoms. The van der Waals surface area contributed by atoms with Gasteiger partial charge in [-0.15, -0.1) is 5.10 Å². The fourth-order valence-corrected chi connectivity index (χ4v) is 4.41. The Morgan fingerprint density at radius 3 is 2.51 bits per heavy atom. The van der Waals surface area contributed by atoms with Crippen molar-refractivity contribution >= 4 is 28.5 Å². The molecular weight excluding hydrogens is 501 g/mol. The second kappa shape index (κ2) is 12.4. The highest BCUT2D eigenvalue weighted by atomic mass is 19.1. The third kappa shape index (κ3) is 6.17. The van der Waals surface area contributed by atoms with Gasteiger partial charge in [0.05, 0.1) is 19.7 Å². The van der Waals surface area contributed by atoms with Gasteiger partial charge in [0.15, 0.2) is 11.5 Å². The number of para-hydroxylation sites is 2. The number of rotatable bonds is 11. The highest BCUT2D eigenvalue weighted by Gasteiger charge is 2.36. The summed E-state index contributed by atoms with van der Waals surface area (Å²) in [4.78, 5) is 29.2. The van der Waals surface area contributed by atoms with E-state index >= 15 is 0 Å². The van der Waals surface area contributed by atoms with Gasteiger partial charge in [0.1, 0.15) is 23.9 Å². The van der Waals surface area contributed by atoms with Crippen molar-refractivity contribution in [1.82, 2.24) is 20.3 Å². The first-order valence-corrected chi connectivity index (χ1v) is 12.7. The molecule has 1 N–H and O–H groups in total. The van der Waals surface area contributed by atoms with Gasteiger partial charge < -0.3 is 14.8 Å². The topological polar surface area (TPSA) is 98.6 Å². The van der Waals surface area contributed by atoms with Crippen LogP contribution in [0.4, 0.5) is 10.1 Å². The van der Waals surface area contributed by atoms with Gasteiger partial charge in [-0.3, -0.25) is 14.5 Å². The second-order valence-corrected chi connectivity index (χ2v) is 9.44. The first-order valence-electron chi connectivity index (χ1n) is 12.7. The van der Waals surface area contributed by atoms with Crippen LogP contribution in [0.15, 0.2) is 66.7 Å². The monoisotopic (exact) mass is 533 g/mol. The molecule has 9 nitrogen and oxygen atoms in total. The average molecular weight is 534 g/mol. The summed E-state index contributed by atoms with van der Waals surface area (Å²) in [6.45, 7) is 4.27. The van der Waals surface area contributed by atoms with Crippen LogP contribution in [0.1, 0.15) is 31.9 Å². The van der Waals surface area contributed by atoms with Crippen LogP contribution >= 0.6 is 0 Å². The standard InChI is InChI=1S/C29H32FN5O4/c1-19(2)15-16-31-29(37)27(22-11-8-14-25(38-3)28(22)39-4)35(21-10-7-9-20(30)17-21)26(36)18-34-24-13-6-5-12-23(24)32-33-34/h5-14,17,19,27H,15-16,18H2,1-4H3,(H,31,37)/t27-/m1/s1. The smallest absolute Gasteiger partial charge is 0.249 e. The number of carbonyl (C=O) groups is 2. The maximum Gasteiger partial charge on any atom is 0.249 e. The maximum absolute atomic E-state index is 14.5. The molecule has 0 radical (unpaired) electrons. The number of carbonyl (C=O) groups excluding carboxylic acids is 2. The molecule has 0 aliphatic rings. The molecule has 1 heterocycles. The third-order valence-corrected chi connectivity index (χ3v) is 6.32. The van der Waals surface area contributed by atoms with Crippen LogP contribution in [0.3, 0.4) is 0 Å². The van der Waals surface area contributed by atoms with E-state index in [0.29, 0.717) is 40.6 Å². The SMILES string of the molecule is COc1cccc([C@H](C(=O)NCCC(C)C)N(C(=O)Cn2nnc3ccccc32)c2cccc(F)c2)c1OC. The van der Waals surface area contributed by atoms with Crippen LogP contribution in [0.25, 0.3) is 11.0 Å². The van der Waals surface area contributed by atoms with Gasteiger partial charge in [-0.25, -0.2) is 9.07 Å². The van der Waals surface area contributed by atoms with E-state index in [1.807, 2.05) is 12.1 Å². The minimum Gasteiger partial charge on any atom is -0.493 e. The number of ether oxygens (including phenoxy) is 2. The van der Waals surface area contributed by atoms with Crippen molar-refractivity contribution in [3.63, 3.8) is 0 Å². The van der Waals surface area contributed by atoms with Gasteiger partial charge in [0.25, 0.3) is 0 Å². The highest BCUT2D eigenvalue weighted by molar-refractivity contribution is 6.02. The summed E-state index contributed by atoms with van der Waals surface area (Å²) >= 11 is 0. The Labute approximate surface area is 226 Å². The number of aromatic nitrogens is 3. The molecule has 0 saturated heterocycles. The minimum atomic E-state index is -1.20. The predicted octanol–water partition coefficient (Wildman–Crippen LogP) is 4.52. The van der Waals surface area contributed by atoms with Crippen LogP contribution < -0.4 is 19.7 Å². The number of hydrogen-bond donors (Lipinski definition) is 1.